The lowest BCUT2D eigenvalue weighted by Gasteiger charge is -2.00. The second-order valence-electron chi connectivity index (χ2n) is 1.61. The highest BCUT2D eigenvalue weighted by molar-refractivity contribution is 7.51. The van der Waals surface area contributed by atoms with Gasteiger partial charge < -0.3 is 14.6 Å². The van der Waals surface area contributed by atoms with Crippen molar-refractivity contribution in [1.29, 1.82) is 0 Å². The van der Waals surface area contributed by atoms with Crippen LogP contribution in [-0.4, -0.2) is 22.6 Å². The number of rotatable bonds is 4. The second kappa shape index (κ2) is 3.98. The summed E-state index contributed by atoms with van der Waals surface area (Å²) < 4.78 is 10.1. The molecule has 0 saturated carbocycles. The summed E-state index contributed by atoms with van der Waals surface area (Å²) >= 11 is 0. The Balaban J connectivity index is 3.18. The maximum Gasteiger partial charge on any atom is 0.325 e. The average molecular weight is 155 g/mol. The molecule has 0 spiro atoms. The van der Waals surface area contributed by atoms with E-state index in [2.05, 4.69) is 10.7 Å². The number of hydrogen-bond acceptors (Lipinski definition) is 3. The van der Waals surface area contributed by atoms with Crippen LogP contribution in [0.4, 0.5) is 0 Å². The maximum atomic E-state index is 10.1. The van der Waals surface area contributed by atoms with Gasteiger partial charge in [0.15, 0.2) is 0 Å². The minimum absolute atomic E-state index is 0.163. The van der Waals surface area contributed by atoms with Crippen LogP contribution in [0.2, 0.25) is 0 Å². The topological polar surface area (TPSA) is 92.8 Å². The summed E-state index contributed by atoms with van der Waals surface area (Å²) in [6.07, 6.45) is 0.130. The normalized spacial score (nSPS) is 11.9. The Labute approximate surface area is 52.9 Å². The van der Waals surface area contributed by atoms with Crippen LogP contribution in [0.3, 0.4) is 0 Å². The second-order valence-corrected chi connectivity index (χ2v) is 3.39. The summed E-state index contributed by atoms with van der Waals surface area (Å²) in [6.45, 7) is 0.186. The van der Waals surface area contributed by atoms with Crippen molar-refractivity contribution in [2.45, 2.75) is 6.42 Å². The molecule has 0 fully saturated rings. The minimum atomic E-state index is -3.83. The fraction of sp³-hybridized carbons (Fsp3) is 1.00. The molecule has 0 amide bonds. The standard InChI is InChI=1S/C3H10NO4P/c4-8-2-1-3-9(5,6)7/h1-4H2,(H2,5,6,7). The SMILES string of the molecule is NOCCCP(=O)(O)O. The van der Waals surface area contributed by atoms with E-state index < -0.39 is 7.60 Å². The van der Waals surface area contributed by atoms with Gasteiger partial charge in [-0.1, -0.05) is 0 Å². The predicted molar refractivity (Wildman–Crippen MR) is 31.7 cm³/mol. The summed E-state index contributed by atoms with van der Waals surface area (Å²) in [5.74, 6) is 4.60. The Morgan fingerprint density at radius 2 is 2.11 bits per heavy atom. The Kier molecular flexibility index (Phi) is 4.01. The van der Waals surface area contributed by atoms with Gasteiger partial charge in [0.05, 0.1) is 12.8 Å². The molecule has 0 aliphatic heterocycles. The third-order valence-corrected chi connectivity index (χ3v) is 1.61. The van der Waals surface area contributed by atoms with Crippen molar-refractivity contribution in [3.05, 3.63) is 0 Å². The van der Waals surface area contributed by atoms with Gasteiger partial charge in [-0.25, -0.2) is 5.90 Å². The molecule has 0 aliphatic rings. The first-order chi connectivity index (χ1) is 4.06. The largest absolute Gasteiger partial charge is 0.325 e. The Morgan fingerprint density at radius 1 is 1.56 bits per heavy atom. The minimum Gasteiger partial charge on any atom is -0.324 e. The Hall–Kier alpha value is 0.0700. The van der Waals surface area contributed by atoms with E-state index in [4.69, 9.17) is 9.79 Å². The number of hydrogen-bond donors (Lipinski definition) is 3. The van der Waals surface area contributed by atoms with E-state index in [0.29, 0.717) is 6.42 Å². The van der Waals surface area contributed by atoms with Gasteiger partial charge in [0.25, 0.3) is 0 Å². The highest BCUT2D eigenvalue weighted by atomic mass is 31.2. The third-order valence-electron chi connectivity index (χ3n) is 0.712. The number of nitrogens with two attached hydrogens (primary N) is 1. The smallest absolute Gasteiger partial charge is 0.324 e. The van der Waals surface area contributed by atoms with Crippen molar-refractivity contribution in [2.24, 2.45) is 5.90 Å². The lowest BCUT2D eigenvalue weighted by molar-refractivity contribution is 0.138. The molecule has 9 heavy (non-hydrogen) atoms. The monoisotopic (exact) mass is 155 g/mol. The first kappa shape index (κ1) is 9.07. The highest BCUT2D eigenvalue weighted by Crippen LogP contribution is 2.34. The lowest BCUT2D eigenvalue weighted by Crippen LogP contribution is -2.02. The molecule has 56 valence electrons. The predicted octanol–water partition coefficient (Wildman–Crippen LogP) is -0.555. The molecule has 0 heterocycles. The zero-order valence-electron chi connectivity index (χ0n) is 4.86. The molecule has 0 saturated heterocycles. The van der Waals surface area contributed by atoms with Crippen molar-refractivity contribution in [2.75, 3.05) is 12.8 Å². The van der Waals surface area contributed by atoms with Crippen LogP contribution in [0.5, 0.6) is 0 Å². The van der Waals surface area contributed by atoms with E-state index in [1.807, 2.05) is 0 Å². The molecule has 4 N–H and O–H groups in total. The molecule has 6 heteroatoms. The van der Waals surface area contributed by atoms with E-state index in [9.17, 15) is 4.57 Å². The molecule has 0 aliphatic carbocycles. The molecule has 5 nitrogen and oxygen atoms in total. The van der Waals surface area contributed by atoms with Gasteiger partial charge in [-0.15, -0.1) is 0 Å². The molecule has 0 unspecified atom stereocenters. The van der Waals surface area contributed by atoms with E-state index in [1.165, 1.54) is 0 Å². The Bertz CT molecular complexity index is 110. The van der Waals surface area contributed by atoms with Crippen molar-refractivity contribution in [3.8, 4) is 0 Å². The van der Waals surface area contributed by atoms with Gasteiger partial charge in [-0.3, -0.25) is 4.57 Å². The molecule has 0 bridgehead atoms. The van der Waals surface area contributed by atoms with Crippen LogP contribution in [0.25, 0.3) is 0 Å². The van der Waals surface area contributed by atoms with E-state index >= 15 is 0 Å². The van der Waals surface area contributed by atoms with Gasteiger partial charge in [-0.2, -0.15) is 0 Å². The average Bonchev–Trinajstić information content (AvgIpc) is 1.63. The summed E-state index contributed by atoms with van der Waals surface area (Å²) in [4.78, 5) is 20.6. The van der Waals surface area contributed by atoms with Gasteiger partial charge in [0.2, 0.25) is 0 Å². The zero-order valence-corrected chi connectivity index (χ0v) is 5.75. The zero-order chi connectivity index (χ0) is 7.33. The van der Waals surface area contributed by atoms with Crippen molar-refractivity contribution in [3.63, 3.8) is 0 Å². The van der Waals surface area contributed by atoms with Crippen LogP contribution in [0.1, 0.15) is 6.42 Å². The molecule has 0 aromatic rings. The van der Waals surface area contributed by atoms with Crippen molar-refractivity contribution in [1.82, 2.24) is 0 Å². The first-order valence-corrected chi connectivity index (χ1v) is 4.22. The molecular formula is C3H10NO4P. The highest BCUT2D eigenvalue weighted by Gasteiger charge is 2.10. The summed E-state index contributed by atoms with van der Waals surface area (Å²) in [6, 6.07) is 0. The Morgan fingerprint density at radius 3 is 2.44 bits per heavy atom. The fourth-order valence-electron chi connectivity index (χ4n) is 0.354. The van der Waals surface area contributed by atoms with E-state index in [1.54, 1.807) is 0 Å². The molecule has 0 rings (SSSR count). The molecule has 0 aromatic carbocycles. The van der Waals surface area contributed by atoms with Crippen molar-refractivity contribution < 1.29 is 19.2 Å². The van der Waals surface area contributed by atoms with E-state index in [0.717, 1.165) is 0 Å². The quantitative estimate of drug-likeness (QED) is 0.287. The van der Waals surface area contributed by atoms with Gasteiger partial charge in [-0.05, 0) is 6.42 Å². The molecule has 0 radical (unpaired) electrons. The maximum absolute atomic E-state index is 10.1. The lowest BCUT2D eigenvalue weighted by atomic mass is 10.5. The fourth-order valence-corrected chi connectivity index (χ4v) is 0.895. The van der Waals surface area contributed by atoms with Crippen LogP contribution < -0.4 is 5.90 Å². The first-order valence-electron chi connectivity index (χ1n) is 2.42. The van der Waals surface area contributed by atoms with Gasteiger partial charge in [0.1, 0.15) is 0 Å². The van der Waals surface area contributed by atoms with Crippen LogP contribution in [0.15, 0.2) is 0 Å². The van der Waals surface area contributed by atoms with Gasteiger partial charge >= 0.3 is 7.60 Å². The summed E-state index contributed by atoms with van der Waals surface area (Å²) in [5.41, 5.74) is 0. The summed E-state index contributed by atoms with van der Waals surface area (Å²) in [5, 5.41) is 0. The van der Waals surface area contributed by atoms with Gasteiger partial charge in [0, 0.05) is 0 Å². The third kappa shape index (κ3) is 8.07. The molecular weight excluding hydrogens is 145 g/mol. The summed E-state index contributed by atoms with van der Waals surface area (Å²) in [7, 11) is -3.83. The molecule has 0 atom stereocenters. The van der Waals surface area contributed by atoms with Crippen molar-refractivity contribution >= 4 is 7.60 Å². The van der Waals surface area contributed by atoms with E-state index in [-0.39, 0.29) is 12.8 Å². The van der Waals surface area contributed by atoms with Crippen LogP contribution in [0, 0.1) is 0 Å². The van der Waals surface area contributed by atoms with Crippen LogP contribution >= 0.6 is 7.60 Å². The van der Waals surface area contributed by atoms with Crippen LogP contribution in [-0.2, 0) is 9.40 Å². The molecule has 0 aromatic heterocycles.